The number of hydrogen-bond acceptors (Lipinski definition) is 18. The van der Waals surface area contributed by atoms with Gasteiger partial charge in [0.25, 0.3) is 0 Å². The summed E-state index contributed by atoms with van der Waals surface area (Å²) in [5.41, 5.74) is 0. The van der Waals surface area contributed by atoms with Gasteiger partial charge in [0.15, 0.2) is 0 Å². The van der Waals surface area contributed by atoms with Gasteiger partial charge in [-0.25, -0.2) is 0 Å². The summed E-state index contributed by atoms with van der Waals surface area (Å²) < 4.78 is 45.5. The van der Waals surface area contributed by atoms with Gasteiger partial charge in [-0.3, -0.25) is 0 Å². The third-order valence-corrected chi connectivity index (χ3v) is 10.9. The maximum Gasteiger partial charge on any atom is 0.114 e. The molecule has 4 rings (SSSR count). The normalized spacial score (nSPS) is 48.1. The van der Waals surface area contributed by atoms with E-state index in [1.54, 1.807) is 13.8 Å². The van der Waals surface area contributed by atoms with Crippen molar-refractivity contribution in [1.82, 2.24) is 0 Å². The van der Waals surface area contributed by atoms with Gasteiger partial charge in [0.2, 0.25) is 0 Å². The fraction of sp³-hybridized carbons (Fsp3) is 1.00. The van der Waals surface area contributed by atoms with Crippen LogP contribution in [0.15, 0.2) is 0 Å². The smallest absolute Gasteiger partial charge is 0.114 e. The predicted molar refractivity (Wildman–Crippen MR) is 172 cm³/mol. The van der Waals surface area contributed by atoms with E-state index in [1.807, 2.05) is 6.92 Å². The maximum atomic E-state index is 10.9. The minimum absolute atomic E-state index is 0.00126. The lowest BCUT2D eigenvalue weighted by atomic mass is 9.86. The molecule has 4 aliphatic rings. The van der Waals surface area contributed by atoms with Crippen LogP contribution in [0.5, 0.6) is 0 Å². The van der Waals surface area contributed by atoms with Crippen LogP contribution in [0.2, 0.25) is 0 Å². The summed E-state index contributed by atoms with van der Waals surface area (Å²) in [5.74, 6) is -2.07. The monoisotopic (exact) mass is 744 g/mol. The van der Waals surface area contributed by atoms with Crippen molar-refractivity contribution in [3.8, 4) is 0 Å². The van der Waals surface area contributed by atoms with Gasteiger partial charge in [0, 0.05) is 24.9 Å². The molecule has 0 bridgehead atoms. The molecule has 51 heavy (non-hydrogen) atoms. The molecule has 0 saturated carbocycles. The van der Waals surface area contributed by atoms with Gasteiger partial charge >= 0.3 is 0 Å². The molecule has 0 aromatic heterocycles. The van der Waals surface area contributed by atoms with Crippen LogP contribution < -0.4 is 0 Å². The van der Waals surface area contributed by atoms with E-state index in [9.17, 15) is 51.1 Å². The molecular weight excluding hydrogens is 684 g/mol. The molecule has 4 aliphatic heterocycles. The summed E-state index contributed by atoms with van der Waals surface area (Å²) in [6.45, 7) is 3.55. The third-order valence-electron chi connectivity index (χ3n) is 10.9. The Morgan fingerprint density at radius 2 is 0.804 bits per heavy atom. The highest BCUT2D eigenvalue weighted by Crippen LogP contribution is 2.32. The zero-order valence-electron chi connectivity index (χ0n) is 29.6. The molecule has 300 valence electrons. The van der Waals surface area contributed by atoms with Crippen LogP contribution in [0.4, 0.5) is 0 Å². The molecular formula is C33H60O18. The third kappa shape index (κ3) is 9.94. The Morgan fingerprint density at radius 1 is 0.431 bits per heavy atom. The first-order valence-corrected chi connectivity index (χ1v) is 17.8. The number of ether oxygens (including phenoxy) is 8. The van der Waals surface area contributed by atoms with Crippen LogP contribution in [0.25, 0.3) is 0 Å². The van der Waals surface area contributed by atoms with Gasteiger partial charge in [-0.05, 0) is 20.3 Å². The van der Waals surface area contributed by atoms with Crippen molar-refractivity contribution in [3.63, 3.8) is 0 Å². The van der Waals surface area contributed by atoms with Gasteiger partial charge in [-0.2, -0.15) is 0 Å². The molecule has 18 nitrogen and oxygen atoms in total. The Balaban J connectivity index is 1.21. The molecule has 0 aliphatic carbocycles. The first-order chi connectivity index (χ1) is 24.3. The second-order valence-electron chi connectivity index (χ2n) is 14.2. The van der Waals surface area contributed by atoms with Crippen molar-refractivity contribution in [2.24, 2.45) is 17.8 Å². The topological polar surface area (TPSA) is 276 Å². The maximum absolute atomic E-state index is 10.9. The van der Waals surface area contributed by atoms with E-state index in [0.29, 0.717) is 6.42 Å². The van der Waals surface area contributed by atoms with E-state index in [0.717, 1.165) is 0 Å². The van der Waals surface area contributed by atoms with Crippen molar-refractivity contribution in [3.05, 3.63) is 0 Å². The fourth-order valence-electron chi connectivity index (χ4n) is 7.52. The molecule has 0 spiro atoms. The van der Waals surface area contributed by atoms with Crippen molar-refractivity contribution < 1.29 is 89.0 Å². The van der Waals surface area contributed by atoms with Crippen LogP contribution in [-0.4, -0.2) is 215 Å². The lowest BCUT2D eigenvalue weighted by Gasteiger charge is -2.44. The minimum Gasteiger partial charge on any atom is -0.394 e. The second-order valence-corrected chi connectivity index (χ2v) is 14.2. The second kappa shape index (κ2) is 19.7. The standard InChI is InChI=1S/C33H60O18/c1-5-19-28(39)25(36)16(14(2)48-19)8-45-12-23-30(41)27(38)18(20(6-34)50-23)10-47-11-22-29(40)26(37)17(15(3)49-22)9-46-13-24-32(43)33(44-4)31(42)21(7-35)51-24/h14-43H,5-13H2,1-4H3. The highest BCUT2D eigenvalue weighted by molar-refractivity contribution is 4.96. The summed E-state index contributed by atoms with van der Waals surface area (Å²) in [7, 11) is 1.32. The summed E-state index contributed by atoms with van der Waals surface area (Å²) in [6, 6.07) is 0. The average Bonchev–Trinajstić information content (AvgIpc) is 3.11. The largest absolute Gasteiger partial charge is 0.394 e. The first kappa shape index (κ1) is 43.0. The number of methoxy groups -OCH3 is 1. The van der Waals surface area contributed by atoms with E-state index >= 15 is 0 Å². The van der Waals surface area contributed by atoms with Crippen molar-refractivity contribution in [2.45, 2.75) is 131 Å². The Hall–Kier alpha value is -0.720. The predicted octanol–water partition coefficient (Wildman–Crippen LogP) is -4.71. The van der Waals surface area contributed by atoms with Gasteiger partial charge in [0.05, 0.1) is 95.6 Å². The Morgan fingerprint density at radius 3 is 1.27 bits per heavy atom. The number of rotatable bonds is 16. The number of aliphatic hydroxyl groups excluding tert-OH is 10. The van der Waals surface area contributed by atoms with E-state index < -0.39 is 135 Å². The molecule has 4 saturated heterocycles. The fourth-order valence-corrected chi connectivity index (χ4v) is 7.52. The molecule has 4 fully saturated rings. The summed E-state index contributed by atoms with van der Waals surface area (Å²) in [4.78, 5) is 0. The van der Waals surface area contributed by atoms with E-state index in [1.165, 1.54) is 7.11 Å². The van der Waals surface area contributed by atoms with Gasteiger partial charge in [-0.1, -0.05) is 6.92 Å². The lowest BCUT2D eigenvalue weighted by Crippen LogP contribution is -2.60. The molecule has 20 unspecified atom stereocenters. The SMILES string of the molecule is CCC1OC(C)C(COCC2OC(CO)C(COCC3OC(C)C(COCC4OC(CO)C(O)C(OC)C4O)C(O)C3O)C(O)C2O)C(O)C1O. The zero-order valence-corrected chi connectivity index (χ0v) is 29.6. The van der Waals surface area contributed by atoms with E-state index in [-0.39, 0.29) is 39.6 Å². The Labute approximate surface area is 297 Å². The van der Waals surface area contributed by atoms with Crippen LogP contribution in [0, 0.1) is 17.8 Å². The molecule has 10 N–H and O–H groups in total. The van der Waals surface area contributed by atoms with Crippen LogP contribution in [0.1, 0.15) is 27.2 Å². The van der Waals surface area contributed by atoms with E-state index in [2.05, 4.69) is 0 Å². The quantitative estimate of drug-likeness (QED) is 0.0711. The highest BCUT2D eigenvalue weighted by Gasteiger charge is 2.48. The molecule has 18 heteroatoms. The van der Waals surface area contributed by atoms with Crippen molar-refractivity contribution >= 4 is 0 Å². The summed E-state index contributed by atoms with van der Waals surface area (Å²) in [6.07, 6.45) is -16.8. The minimum atomic E-state index is -1.40. The van der Waals surface area contributed by atoms with Gasteiger partial charge < -0.3 is 89.0 Å². The van der Waals surface area contributed by atoms with Crippen molar-refractivity contribution in [1.29, 1.82) is 0 Å². The summed E-state index contributed by atoms with van der Waals surface area (Å²) >= 11 is 0. The Bertz CT molecular complexity index is 1010. The average molecular weight is 745 g/mol. The van der Waals surface area contributed by atoms with Crippen LogP contribution in [-0.2, 0) is 37.9 Å². The summed E-state index contributed by atoms with van der Waals surface area (Å²) in [5, 5.41) is 105. The van der Waals surface area contributed by atoms with Crippen LogP contribution >= 0.6 is 0 Å². The van der Waals surface area contributed by atoms with Gasteiger partial charge in [0.1, 0.15) is 61.0 Å². The molecule has 0 aromatic carbocycles. The molecule has 4 heterocycles. The number of aliphatic hydroxyl groups is 10. The van der Waals surface area contributed by atoms with Crippen molar-refractivity contribution in [2.75, 3.05) is 60.0 Å². The van der Waals surface area contributed by atoms with Gasteiger partial charge in [-0.15, -0.1) is 0 Å². The zero-order chi connectivity index (χ0) is 37.6. The first-order valence-electron chi connectivity index (χ1n) is 17.8. The highest BCUT2D eigenvalue weighted by atomic mass is 16.6. The molecule has 20 atom stereocenters. The van der Waals surface area contributed by atoms with Crippen LogP contribution in [0.3, 0.4) is 0 Å². The van der Waals surface area contributed by atoms with E-state index in [4.69, 9.17) is 37.9 Å². The Kier molecular flexibility index (Phi) is 16.7. The number of hydrogen-bond donors (Lipinski definition) is 10. The molecule has 0 amide bonds. The molecule has 0 aromatic rings. The molecule has 0 radical (unpaired) electrons. The lowest BCUT2D eigenvalue weighted by molar-refractivity contribution is -0.252.